The van der Waals surface area contributed by atoms with Gasteiger partial charge in [-0.2, -0.15) is 11.8 Å². The van der Waals surface area contributed by atoms with Crippen molar-refractivity contribution in [2.24, 2.45) is 4.99 Å². The van der Waals surface area contributed by atoms with Crippen LogP contribution in [0.15, 0.2) is 11.2 Å². The van der Waals surface area contributed by atoms with Crippen LogP contribution in [0.2, 0.25) is 0 Å². The Morgan fingerprint density at radius 2 is 2.00 bits per heavy atom. The van der Waals surface area contributed by atoms with Crippen LogP contribution in [0, 0.1) is 0 Å². The van der Waals surface area contributed by atoms with E-state index in [9.17, 15) is 0 Å². The number of nitrogens with one attached hydrogen (secondary N) is 2. The topological polar surface area (TPSA) is 52.6 Å². The Balaban J connectivity index is 1.50. The molecule has 1 aromatic heterocycles. The normalized spacial score (nSPS) is 21.2. The first-order valence-corrected chi connectivity index (χ1v) is 12.4. The van der Waals surface area contributed by atoms with Crippen molar-refractivity contribution in [2.75, 3.05) is 44.7 Å². The van der Waals surface area contributed by atoms with E-state index < -0.39 is 0 Å². The molecule has 27 heavy (non-hydrogen) atoms. The van der Waals surface area contributed by atoms with Crippen LogP contribution in [0.25, 0.3) is 0 Å². The van der Waals surface area contributed by atoms with Crippen molar-refractivity contribution in [1.82, 2.24) is 20.5 Å². The molecule has 1 aromatic rings. The predicted molar refractivity (Wildman–Crippen MR) is 119 cm³/mol. The third kappa shape index (κ3) is 5.84. The van der Waals surface area contributed by atoms with Gasteiger partial charge in [-0.3, -0.25) is 9.89 Å². The van der Waals surface area contributed by atoms with Crippen LogP contribution >= 0.6 is 23.1 Å². The third-order valence-corrected chi connectivity index (χ3v) is 8.00. The van der Waals surface area contributed by atoms with Gasteiger partial charge in [0, 0.05) is 67.8 Å². The number of guanidine groups is 1. The number of aryl methyl sites for hydroxylation is 1. The molecular formula is C20H35N5S2. The van der Waals surface area contributed by atoms with E-state index in [1.54, 1.807) is 0 Å². The molecule has 0 amide bonds. The van der Waals surface area contributed by atoms with Crippen LogP contribution in [-0.4, -0.2) is 66.1 Å². The summed E-state index contributed by atoms with van der Waals surface area (Å²) in [4.78, 5) is 13.1. The lowest BCUT2D eigenvalue weighted by atomic mass is 9.80. The van der Waals surface area contributed by atoms with E-state index in [0.717, 1.165) is 31.9 Å². The molecule has 1 aliphatic carbocycles. The zero-order valence-corrected chi connectivity index (χ0v) is 18.6. The molecule has 7 heteroatoms. The lowest BCUT2D eigenvalue weighted by Crippen LogP contribution is -2.59. The van der Waals surface area contributed by atoms with Gasteiger partial charge in [-0.25, -0.2) is 4.98 Å². The fraction of sp³-hybridized carbons (Fsp3) is 0.800. The molecule has 1 aliphatic heterocycles. The minimum atomic E-state index is 0.322. The molecule has 2 fully saturated rings. The van der Waals surface area contributed by atoms with Gasteiger partial charge < -0.3 is 10.6 Å². The maximum Gasteiger partial charge on any atom is 0.191 e. The smallest absolute Gasteiger partial charge is 0.191 e. The number of aromatic nitrogens is 1. The summed E-state index contributed by atoms with van der Waals surface area (Å²) in [5.74, 6) is 3.49. The molecule has 0 unspecified atom stereocenters. The lowest BCUT2D eigenvalue weighted by molar-refractivity contribution is 0.0626. The Morgan fingerprint density at radius 3 is 2.67 bits per heavy atom. The van der Waals surface area contributed by atoms with Crippen molar-refractivity contribution < 1.29 is 0 Å². The molecule has 5 nitrogen and oxygen atoms in total. The van der Waals surface area contributed by atoms with Crippen LogP contribution < -0.4 is 10.6 Å². The van der Waals surface area contributed by atoms with Crippen LogP contribution in [0.4, 0.5) is 0 Å². The summed E-state index contributed by atoms with van der Waals surface area (Å²) in [6, 6.07) is 0. The molecular weight excluding hydrogens is 374 g/mol. The summed E-state index contributed by atoms with van der Waals surface area (Å²) in [5.41, 5.74) is 0.322. The van der Waals surface area contributed by atoms with Gasteiger partial charge >= 0.3 is 0 Å². The lowest BCUT2D eigenvalue weighted by Gasteiger charge is -2.48. The summed E-state index contributed by atoms with van der Waals surface area (Å²) in [7, 11) is 1.87. The molecule has 152 valence electrons. The molecule has 2 aliphatic rings. The van der Waals surface area contributed by atoms with Gasteiger partial charge in [0.25, 0.3) is 0 Å². The Morgan fingerprint density at radius 1 is 1.22 bits per heavy atom. The number of hydrogen-bond donors (Lipinski definition) is 2. The minimum Gasteiger partial charge on any atom is -0.356 e. The number of hydrogen-bond acceptors (Lipinski definition) is 5. The van der Waals surface area contributed by atoms with E-state index in [4.69, 9.17) is 0 Å². The molecule has 0 atom stereocenters. The first kappa shape index (κ1) is 20.9. The van der Waals surface area contributed by atoms with Crippen LogP contribution in [0.1, 0.15) is 48.9 Å². The highest BCUT2D eigenvalue weighted by molar-refractivity contribution is 7.99. The monoisotopic (exact) mass is 409 g/mol. The van der Waals surface area contributed by atoms with Crippen LogP contribution in [-0.2, 0) is 12.8 Å². The van der Waals surface area contributed by atoms with Gasteiger partial charge in [-0.05, 0) is 19.3 Å². The second-order valence-electron chi connectivity index (χ2n) is 7.56. The first-order chi connectivity index (χ1) is 13.3. The van der Waals surface area contributed by atoms with E-state index in [1.165, 1.54) is 66.6 Å². The van der Waals surface area contributed by atoms with E-state index in [-0.39, 0.29) is 0 Å². The molecule has 0 radical (unpaired) electrons. The zero-order chi connectivity index (χ0) is 19.0. The largest absolute Gasteiger partial charge is 0.356 e. The average molecular weight is 410 g/mol. The Kier molecular flexibility index (Phi) is 8.27. The average Bonchev–Trinajstić information content (AvgIpc) is 3.20. The van der Waals surface area contributed by atoms with Gasteiger partial charge in [0.05, 0.1) is 5.01 Å². The van der Waals surface area contributed by atoms with Crippen molar-refractivity contribution in [3.8, 4) is 0 Å². The summed E-state index contributed by atoms with van der Waals surface area (Å²) in [6.45, 7) is 6.55. The Labute approximate surface area is 172 Å². The van der Waals surface area contributed by atoms with E-state index in [0.29, 0.717) is 5.54 Å². The summed E-state index contributed by atoms with van der Waals surface area (Å²) in [5, 5.41) is 8.35. The number of rotatable bonds is 7. The zero-order valence-electron chi connectivity index (χ0n) is 16.9. The number of thiazole rings is 1. The standard InChI is InChI=1S/C20H35N5S2/c1-3-17-15-23-18(27-17)7-10-22-19(21-2)24-16-20(8-5-4-6-9-20)25-11-13-26-14-12-25/h15H,3-14,16H2,1-2H3,(H2,21,22,24). The molecule has 1 saturated carbocycles. The summed E-state index contributed by atoms with van der Waals surface area (Å²) < 4.78 is 0. The Bertz CT molecular complexity index is 589. The van der Waals surface area contributed by atoms with E-state index in [2.05, 4.69) is 44.2 Å². The molecule has 0 aromatic carbocycles. The third-order valence-electron chi connectivity index (χ3n) is 5.86. The van der Waals surface area contributed by atoms with Gasteiger partial charge in [0.15, 0.2) is 5.96 Å². The molecule has 0 spiro atoms. The highest BCUT2D eigenvalue weighted by atomic mass is 32.2. The first-order valence-electron chi connectivity index (χ1n) is 10.5. The summed E-state index contributed by atoms with van der Waals surface area (Å²) >= 11 is 3.93. The molecule has 2 N–H and O–H groups in total. The molecule has 1 saturated heterocycles. The Hall–Kier alpha value is -0.790. The quantitative estimate of drug-likeness (QED) is 0.535. The SMILES string of the molecule is CCc1cnc(CCNC(=NC)NCC2(N3CCSCC3)CCCCC2)s1. The van der Waals surface area contributed by atoms with Crippen molar-refractivity contribution in [3.63, 3.8) is 0 Å². The fourth-order valence-electron chi connectivity index (χ4n) is 4.24. The second-order valence-corrected chi connectivity index (χ2v) is 9.99. The molecule has 2 heterocycles. The second kappa shape index (κ2) is 10.7. The number of thioether (sulfide) groups is 1. The van der Waals surface area contributed by atoms with Gasteiger partial charge in [-0.15, -0.1) is 11.3 Å². The van der Waals surface area contributed by atoms with Crippen LogP contribution in [0.5, 0.6) is 0 Å². The summed E-state index contributed by atoms with van der Waals surface area (Å²) in [6.07, 6.45) is 10.8. The van der Waals surface area contributed by atoms with Crippen molar-refractivity contribution >= 4 is 29.1 Å². The minimum absolute atomic E-state index is 0.322. The molecule has 0 bridgehead atoms. The van der Waals surface area contributed by atoms with E-state index >= 15 is 0 Å². The fourth-order valence-corrected chi connectivity index (χ4v) is 6.00. The maximum atomic E-state index is 4.51. The van der Waals surface area contributed by atoms with E-state index in [1.807, 2.05) is 24.6 Å². The van der Waals surface area contributed by atoms with Gasteiger partial charge in [0.2, 0.25) is 0 Å². The highest BCUT2D eigenvalue weighted by Crippen LogP contribution is 2.34. The number of aliphatic imine (C=N–C) groups is 1. The highest BCUT2D eigenvalue weighted by Gasteiger charge is 2.38. The van der Waals surface area contributed by atoms with Crippen molar-refractivity contribution in [2.45, 2.75) is 57.4 Å². The van der Waals surface area contributed by atoms with Crippen molar-refractivity contribution in [3.05, 3.63) is 16.1 Å². The van der Waals surface area contributed by atoms with Crippen molar-refractivity contribution in [1.29, 1.82) is 0 Å². The van der Waals surface area contributed by atoms with Gasteiger partial charge in [-0.1, -0.05) is 26.2 Å². The molecule has 3 rings (SSSR count). The number of nitrogens with zero attached hydrogens (tertiary/aromatic N) is 3. The predicted octanol–water partition coefficient (Wildman–Crippen LogP) is 3.16. The maximum absolute atomic E-state index is 4.51. The van der Waals surface area contributed by atoms with Crippen LogP contribution in [0.3, 0.4) is 0 Å². The van der Waals surface area contributed by atoms with Gasteiger partial charge in [0.1, 0.15) is 0 Å².